The molecule has 0 bridgehead atoms. The normalized spacial score (nSPS) is 10.3. The van der Waals surface area contributed by atoms with Crippen molar-refractivity contribution in [2.24, 2.45) is 0 Å². The molecule has 0 atom stereocenters. The summed E-state index contributed by atoms with van der Waals surface area (Å²) >= 11 is 0. The van der Waals surface area contributed by atoms with Gasteiger partial charge in [-0.05, 0) is 37.6 Å². The van der Waals surface area contributed by atoms with E-state index in [1.807, 2.05) is 38.2 Å². The third-order valence-electron chi connectivity index (χ3n) is 2.64. The molecule has 2 N–H and O–H groups in total. The molecular weight excluding hydrogens is 252 g/mol. The van der Waals surface area contributed by atoms with Crippen molar-refractivity contribution in [3.63, 3.8) is 0 Å². The summed E-state index contributed by atoms with van der Waals surface area (Å²) in [4.78, 5) is 20.0. The first kappa shape index (κ1) is 14.0. The minimum atomic E-state index is -0.154. The summed E-state index contributed by atoms with van der Waals surface area (Å²) < 4.78 is 0. The van der Waals surface area contributed by atoms with Crippen molar-refractivity contribution in [2.75, 3.05) is 5.32 Å². The Morgan fingerprint density at radius 2 is 2.10 bits per heavy atom. The number of amides is 1. The predicted octanol–water partition coefficient (Wildman–Crippen LogP) is 2.23. The second kappa shape index (κ2) is 6.65. The zero-order valence-electron chi connectivity index (χ0n) is 11.6. The molecule has 1 amide bonds. The van der Waals surface area contributed by atoms with E-state index >= 15 is 0 Å². The lowest BCUT2D eigenvalue weighted by Gasteiger charge is -2.09. The van der Waals surface area contributed by atoms with E-state index in [-0.39, 0.29) is 11.9 Å². The second-order valence-corrected chi connectivity index (χ2v) is 4.78. The molecule has 0 aromatic carbocycles. The van der Waals surface area contributed by atoms with E-state index in [0.717, 1.165) is 11.3 Å². The van der Waals surface area contributed by atoms with Crippen LogP contribution in [0.2, 0.25) is 0 Å². The molecule has 104 valence electrons. The molecule has 20 heavy (non-hydrogen) atoms. The van der Waals surface area contributed by atoms with Crippen molar-refractivity contribution >= 4 is 11.6 Å². The summed E-state index contributed by atoms with van der Waals surface area (Å²) in [5, 5.41) is 6.04. The first-order valence-corrected chi connectivity index (χ1v) is 6.55. The number of nitrogens with zero attached hydrogens (tertiary/aromatic N) is 2. The van der Waals surface area contributed by atoms with Crippen LogP contribution < -0.4 is 10.6 Å². The molecule has 0 aliphatic carbocycles. The third-order valence-corrected chi connectivity index (χ3v) is 2.64. The quantitative estimate of drug-likeness (QED) is 0.874. The number of nitrogens with one attached hydrogen (secondary N) is 2. The molecule has 2 rings (SSSR count). The summed E-state index contributed by atoms with van der Waals surface area (Å²) in [7, 11) is 0. The minimum Gasteiger partial charge on any atom is -0.380 e. The molecule has 0 spiro atoms. The number of hydrogen-bond donors (Lipinski definition) is 2. The lowest BCUT2D eigenvalue weighted by Crippen LogP contribution is -2.30. The topological polar surface area (TPSA) is 66.9 Å². The van der Waals surface area contributed by atoms with Crippen molar-refractivity contribution < 1.29 is 4.79 Å². The van der Waals surface area contributed by atoms with Crippen LogP contribution in [0.5, 0.6) is 0 Å². The second-order valence-electron chi connectivity index (χ2n) is 4.78. The molecular formula is C15H18N4O. The Morgan fingerprint density at radius 3 is 2.70 bits per heavy atom. The fourth-order valence-corrected chi connectivity index (χ4v) is 1.68. The SMILES string of the molecule is CC(C)NC(=O)c1ccc(NCc2cccnc2)cn1. The maximum Gasteiger partial charge on any atom is 0.270 e. The third kappa shape index (κ3) is 4.05. The van der Waals surface area contributed by atoms with E-state index in [0.29, 0.717) is 12.2 Å². The molecule has 0 aliphatic heterocycles. The van der Waals surface area contributed by atoms with Gasteiger partial charge in [-0.15, -0.1) is 0 Å². The van der Waals surface area contributed by atoms with E-state index in [2.05, 4.69) is 20.6 Å². The molecule has 0 saturated heterocycles. The van der Waals surface area contributed by atoms with Gasteiger partial charge in [-0.3, -0.25) is 9.78 Å². The van der Waals surface area contributed by atoms with E-state index < -0.39 is 0 Å². The van der Waals surface area contributed by atoms with Gasteiger partial charge in [0.1, 0.15) is 5.69 Å². The summed E-state index contributed by atoms with van der Waals surface area (Å²) in [6.07, 6.45) is 5.21. The summed E-state index contributed by atoms with van der Waals surface area (Å²) in [6, 6.07) is 7.56. The van der Waals surface area contributed by atoms with Crippen molar-refractivity contribution in [3.05, 3.63) is 54.1 Å². The van der Waals surface area contributed by atoms with Crippen LogP contribution in [0.1, 0.15) is 29.9 Å². The first-order valence-electron chi connectivity index (χ1n) is 6.55. The predicted molar refractivity (Wildman–Crippen MR) is 78.4 cm³/mol. The lowest BCUT2D eigenvalue weighted by molar-refractivity contribution is 0.0938. The van der Waals surface area contributed by atoms with Crippen molar-refractivity contribution in [1.82, 2.24) is 15.3 Å². The Bertz CT molecular complexity index is 552. The van der Waals surface area contributed by atoms with Gasteiger partial charge in [0.05, 0.1) is 11.9 Å². The average Bonchev–Trinajstić information content (AvgIpc) is 2.46. The van der Waals surface area contributed by atoms with E-state index in [9.17, 15) is 4.79 Å². The van der Waals surface area contributed by atoms with Crippen LogP contribution in [-0.4, -0.2) is 21.9 Å². The van der Waals surface area contributed by atoms with Crippen LogP contribution >= 0.6 is 0 Å². The van der Waals surface area contributed by atoms with Crippen molar-refractivity contribution in [1.29, 1.82) is 0 Å². The van der Waals surface area contributed by atoms with Crippen LogP contribution in [0.25, 0.3) is 0 Å². The fourth-order valence-electron chi connectivity index (χ4n) is 1.68. The Kier molecular flexibility index (Phi) is 4.65. The van der Waals surface area contributed by atoms with Gasteiger partial charge < -0.3 is 10.6 Å². The molecule has 2 heterocycles. The van der Waals surface area contributed by atoms with Crippen molar-refractivity contribution in [3.8, 4) is 0 Å². The highest BCUT2D eigenvalue weighted by Gasteiger charge is 2.07. The zero-order valence-corrected chi connectivity index (χ0v) is 11.6. The summed E-state index contributed by atoms with van der Waals surface area (Å²) in [5.74, 6) is -0.154. The molecule has 0 aliphatic rings. The monoisotopic (exact) mass is 270 g/mol. The number of rotatable bonds is 5. The van der Waals surface area contributed by atoms with E-state index in [1.165, 1.54) is 0 Å². The smallest absolute Gasteiger partial charge is 0.270 e. The number of carbonyl (C=O) groups excluding carboxylic acids is 1. The van der Waals surface area contributed by atoms with Gasteiger partial charge in [0, 0.05) is 25.0 Å². The number of hydrogen-bond acceptors (Lipinski definition) is 4. The highest BCUT2D eigenvalue weighted by atomic mass is 16.1. The van der Waals surface area contributed by atoms with Crippen LogP contribution in [0.3, 0.4) is 0 Å². The summed E-state index contributed by atoms with van der Waals surface area (Å²) in [6.45, 7) is 4.51. The Hall–Kier alpha value is -2.43. The van der Waals surface area contributed by atoms with Crippen LogP contribution in [-0.2, 0) is 6.54 Å². The Labute approximate surface area is 118 Å². The van der Waals surface area contributed by atoms with E-state index in [1.54, 1.807) is 18.5 Å². The molecule has 5 nitrogen and oxygen atoms in total. The Morgan fingerprint density at radius 1 is 1.25 bits per heavy atom. The largest absolute Gasteiger partial charge is 0.380 e. The molecule has 2 aromatic heterocycles. The summed E-state index contributed by atoms with van der Waals surface area (Å²) in [5.41, 5.74) is 2.38. The van der Waals surface area contributed by atoms with Gasteiger partial charge in [-0.1, -0.05) is 6.07 Å². The number of pyridine rings is 2. The van der Waals surface area contributed by atoms with Crippen LogP contribution in [0.15, 0.2) is 42.9 Å². The molecule has 0 fully saturated rings. The number of anilines is 1. The molecule has 5 heteroatoms. The Balaban J connectivity index is 1.93. The van der Waals surface area contributed by atoms with Gasteiger partial charge in [0.15, 0.2) is 0 Å². The molecule has 2 aromatic rings. The average molecular weight is 270 g/mol. The first-order chi connectivity index (χ1) is 9.65. The maximum atomic E-state index is 11.7. The van der Waals surface area contributed by atoms with Gasteiger partial charge >= 0.3 is 0 Å². The molecule has 0 saturated carbocycles. The molecule has 0 radical (unpaired) electrons. The highest BCUT2D eigenvalue weighted by molar-refractivity contribution is 5.92. The fraction of sp³-hybridized carbons (Fsp3) is 0.267. The van der Waals surface area contributed by atoms with Crippen LogP contribution in [0.4, 0.5) is 5.69 Å². The van der Waals surface area contributed by atoms with E-state index in [4.69, 9.17) is 0 Å². The van der Waals surface area contributed by atoms with Crippen LogP contribution in [0, 0.1) is 0 Å². The van der Waals surface area contributed by atoms with Gasteiger partial charge in [0.2, 0.25) is 0 Å². The molecule has 0 unspecified atom stereocenters. The van der Waals surface area contributed by atoms with Crippen molar-refractivity contribution in [2.45, 2.75) is 26.4 Å². The number of carbonyl (C=O) groups is 1. The van der Waals surface area contributed by atoms with Gasteiger partial charge in [-0.25, -0.2) is 4.98 Å². The lowest BCUT2D eigenvalue weighted by atomic mass is 10.2. The van der Waals surface area contributed by atoms with Gasteiger partial charge in [0.25, 0.3) is 5.91 Å². The zero-order chi connectivity index (χ0) is 14.4. The number of aromatic nitrogens is 2. The maximum absolute atomic E-state index is 11.7. The standard InChI is InChI=1S/C15H18N4O/c1-11(2)19-15(20)14-6-5-13(10-18-14)17-9-12-4-3-7-16-8-12/h3-8,10-11,17H,9H2,1-2H3,(H,19,20). The minimum absolute atomic E-state index is 0.104. The highest BCUT2D eigenvalue weighted by Crippen LogP contribution is 2.08. The van der Waals surface area contributed by atoms with Gasteiger partial charge in [-0.2, -0.15) is 0 Å².